The van der Waals surface area contributed by atoms with Crippen molar-refractivity contribution in [1.82, 2.24) is 0 Å². The number of hydrogen-bond acceptors (Lipinski definition) is 2. The zero-order valence-electron chi connectivity index (χ0n) is 10.7. The molecule has 0 aliphatic carbocycles. The average Bonchev–Trinajstić information content (AvgIpc) is 2.39. The van der Waals surface area contributed by atoms with Crippen LogP contribution >= 0.6 is 0 Å². The molecule has 0 aliphatic heterocycles. The van der Waals surface area contributed by atoms with Crippen LogP contribution in [0, 0.1) is 12.7 Å². The van der Waals surface area contributed by atoms with E-state index in [-0.39, 0.29) is 11.7 Å². The van der Waals surface area contributed by atoms with Gasteiger partial charge in [-0.1, -0.05) is 12.1 Å². The van der Waals surface area contributed by atoms with Gasteiger partial charge in [-0.15, -0.1) is 0 Å². The Morgan fingerprint density at radius 3 is 2.63 bits per heavy atom. The fraction of sp³-hybridized carbons (Fsp3) is 0.133. The first-order valence-electron chi connectivity index (χ1n) is 5.82. The monoisotopic (exact) mass is 259 g/mol. The Balaban J connectivity index is 2.26. The molecule has 2 rings (SSSR count). The minimum Gasteiger partial charge on any atom is -0.495 e. The maximum Gasteiger partial charge on any atom is 0.256 e. The number of nitrogens with one attached hydrogen (secondary N) is 1. The van der Waals surface area contributed by atoms with Crippen LogP contribution in [0.3, 0.4) is 0 Å². The van der Waals surface area contributed by atoms with Crippen LogP contribution in [0.1, 0.15) is 15.9 Å². The van der Waals surface area contributed by atoms with Gasteiger partial charge in [0, 0.05) is 5.56 Å². The number of methoxy groups -OCH3 is 1. The molecule has 1 N–H and O–H groups in total. The number of anilines is 1. The van der Waals surface area contributed by atoms with E-state index < -0.39 is 0 Å². The number of hydrogen-bond donors (Lipinski definition) is 1. The summed E-state index contributed by atoms with van der Waals surface area (Å²) in [6.07, 6.45) is 0. The van der Waals surface area contributed by atoms with Crippen molar-refractivity contribution in [3.05, 3.63) is 59.4 Å². The highest BCUT2D eigenvalue weighted by atomic mass is 19.1. The van der Waals surface area contributed by atoms with E-state index in [9.17, 15) is 9.18 Å². The number of carbonyl (C=O) groups is 1. The summed E-state index contributed by atoms with van der Waals surface area (Å²) >= 11 is 0. The smallest absolute Gasteiger partial charge is 0.256 e. The number of halogens is 1. The molecule has 0 fully saturated rings. The van der Waals surface area contributed by atoms with Crippen LogP contribution in [0.5, 0.6) is 5.75 Å². The molecular formula is C15H14FNO2. The van der Waals surface area contributed by atoms with Crippen molar-refractivity contribution in [2.45, 2.75) is 6.92 Å². The number of benzene rings is 2. The zero-order chi connectivity index (χ0) is 13.8. The summed E-state index contributed by atoms with van der Waals surface area (Å²) in [7, 11) is 1.54. The molecule has 0 unspecified atom stereocenters. The van der Waals surface area contributed by atoms with E-state index in [0.717, 1.165) is 0 Å². The standard InChI is InChI=1S/C15H14FNO2/c1-10-9-11(16)7-8-12(10)15(18)17-13-5-3-4-6-14(13)19-2/h3-9H,1-2H3,(H,17,18). The van der Waals surface area contributed by atoms with Gasteiger partial charge in [0.2, 0.25) is 0 Å². The van der Waals surface area contributed by atoms with Crippen LogP contribution in [0.2, 0.25) is 0 Å². The number of ether oxygens (including phenoxy) is 1. The second kappa shape index (κ2) is 5.52. The lowest BCUT2D eigenvalue weighted by Crippen LogP contribution is -2.14. The van der Waals surface area contributed by atoms with Gasteiger partial charge < -0.3 is 10.1 Å². The quantitative estimate of drug-likeness (QED) is 0.917. The number of para-hydroxylation sites is 2. The van der Waals surface area contributed by atoms with E-state index >= 15 is 0 Å². The Morgan fingerprint density at radius 2 is 1.95 bits per heavy atom. The van der Waals surface area contributed by atoms with Crippen molar-refractivity contribution in [2.75, 3.05) is 12.4 Å². The molecule has 1 amide bonds. The third kappa shape index (κ3) is 2.91. The Hall–Kier alpha value is -2.36. The molecule has 0 aromatic heterocycles. The molecule has 3 nitrogen and oxygen atoms in total. The molecule has 0 atom stereocenters. The predicted molar refractivity (Wildman–Crippen MR) is 72.1 cm³/mol. The normalized spacial score (nSPS) is 10.1. The summed E-state index contributed by atoms with van der Waals surface area (Å²) in [4.78, 5) is 12.1. The average molecular weight is 259 g/mol. The van der Waals surface area contributed by atoms with E-state index in [0.29, 0.717) is 22.6 Å². The van der Waals surface area contributed by atoms with Crippen LogP contribution in [-0.4, -0.2) is 13.0 Å². The van der Waals surface area contributed by atoms with E-state index in [1.54, 1.807) is 25.1 Å². The van der Waals surface area contributed by atoms with Crippen LogP contribution in [-0.2, 0) is 0 Å². The Bertz CT molecular complexity index is 611. The van der Waals surface area contributed by atoms with E-state index in [2.05, 4.69) is 5.32 Å². The number of rotatable bonds is 3. The van der Waals surface area contributed by atoms with Gasteiger partial charge in [-0.25, -0.2) is 4.39 Å². The lowest BCUT2D eigenvalue weighted by atomic mass is 10.1. The second-order valence-electron chi connectivity index (χ2n) is 4.11. The van der Waals surface area contributed by atoms with Gasteiger partial charge >= 0.3 is 0 Å². The van der Waals surface area contributed by atoms with Gasteiger partial charge in [0.15, 0.2) is 0 Å². The number of amides is 1. The molecule has 98 valence electrons. The fourth-order valence-corrected chi connectivity index (χ4v) is 1.82. The van der Waals surface area contributed by atoms with Crippen molar-refractivity contribution >= 4 is 11.6 Å². The molecule has 0 bridgehead atoms. The maximum absolute atomic E-state index is 13.0. The summed E-state index contributed by atoms with van der Waals surface area (Å²) in [5.74, 6) is -0.0658. The Kier molecular flexibility index (Phi) is 3.80. The highest BCUT2D eigenvalue weighted by Gasteiger charge is 2.11. The van der Waals surface area contributed by atoms with Gasteiger partial charge in [0.25, 0.3) is 5.91 Å². The SMILES string of the molecule is COc1ccccc1NC(=O)c1ccc(F)cc1C. The molecule has 0 heterocycles. The van der Waals surface area contributed by atoms with Crippen LogP contribution in [0.25, 0.3) is 0 Å². The van der Waals surface area contributed by atoms with Gasteiger partial charge in [-0.05, 0) is 42.8 Å². The molecular weight excluding hydrogens is 245 g/mol. The van der Waals surface area contributed by atoms with Crippen molar-refractivity contribution < 1.29 is 13.9 Å². The largest absolute Gasteiger partial charge is 0.495 e. The van der Waals surface area contributed by atoms with E-state index in [1.807, 2.05) is 6.07 Å². The van der Waals surface area contributed by atoms with E-state index in [4.69, 9.17) is 4.74 Å². The first-order chi connectivity index (χ1) is 9.11. The van der Waals surface area contributed by atoms with Crippen LogP contribution in [0.4, 0.5) is 10.1 Å². The summed E-state index contributed by atoms with van der Waals surface area (Å²) in [6.45, 7) is 1.69. The molecule has 19 heavy (non-hydrogen) atoms. The highest BCUT2D eigenvalue weighted by Crippen LogP contribution is 2.24. The number of aryl methyl sites for hydroxylation is 1. The summed E-state index contributed by atoms with van der Waals surface area (Å²) < 4.78 is 18.2. The lowest BCUT2D eigenvalue weighted by Gasteiger charge is -2.11. The van der Waals surface area contributed by atoms with Gasteiger partial charge in [0.1, 0.15) is 11.6 Å². The third-order valence-electron chi connectivity index (χ3n) is 2.79. The van der Waals surface area contributed by atoms with E-state index in [1.165, 1.54) is 25.3 Å². The molecule has 0 radical (unpaired) electrons. The van der Waals surface area contributed by atoms with Crippen LogP contribution < -0.4 is 10.1 Å². The maximum atomic E-state index is 13.0. The molecule has 2 aromatic carbocycles. The number of carbonyl (C=O) groups excluding carboxylic acids is 1. The molecule has 2 aromatic rings. The van der Waals surface area contributed by atoms with Crippen molar-refractivity contribution in [3.63, 3.8) is 0 Å². The second-order valence-corrected chi connectivity index (χ2v) is 4.11. The first kappa shape index (κ1) is 13.1. The molecule has 4 heteroatoms. The first-order valence-corrected chi connectivity index (χ1v) is 5.82. The summed E-state index contributed by atoms with van der Waals surface area (Å²) in [6, 6.07) is 11.2. The summed E-state index contributed by atoms with van der Waals surface area (Å²) in [5.41, 5.74) is 1.61. The van der Waals surface area contributed by atoms with Crippen molar-refractivity contribution in [1.29, 1.82) is 0 Å². The minimum absolute atomic E-state index is 0.290. The van der Waals surface area contributed by atoms with Gasteiger partial charge in [-0.2, -0.15) is 0 Å². The zero-order valence-corrected chi connectivity index (χ0v) is 10.7. The van der Waals surface area contributed by atoms with Crippen molar-refractivity contribution in [2.24, 2.45) is 0 Å². The predicted octanol–water partition coefficient (Wildman–Crippen LogP) is 3.40. The van der Waals surface area contributed by atoms with Crippen LogP contribution in [0.15, 0.2) is 42.5 Å². The fourth-order valence-electron chi connectivity index (χ4n) is 1.82. The third-order valence-corrected chi connectivity index (χ3v) is 2.79. The minimum atomic E-state index is -0.355. The Morgan fingerprint density at radius 1 is 1.21 bits per heavy atom. The van der Waals surface area contributed by atoms with Crippen molar-refractivity contribution in [3.8, 4) is 5.75 Å². The molecule has 0 saturated carbocycles. The molecule has 0 spiro atoms. The molecule has 0 saturated heterocycles. The topological polar surface area (TPSA) is 38.3 Å². The Labute approximate surface area is 111 Å². The summed E-state index contributed by atoms with van der Waals surface area (Å²) in [5, 5.41) is 2.75. The molecule has 0 aliphatic rings. The van der Waals surface area contributed by atoms with Gasteiger partial charge in [0.05, 0.1) is 12.8 Å². The highest BCUT2D eigenvalue weighted by molar-refractivity contribution is 6.05. The van der Waals surface area contributed by atoms with Gasteiger partial charge in [-0.3, -0.25) is 4.79 Å². The lowest BCUT2D eigenvalue weighted by molar-refractivity contribution is 0.102.